The van der Waals surface area contributed by atoms with Gasteiger partial charge in [0.2, 0.25) is 0 Å². The second kappa shape index (κ2) is 9.63. The van der Waals surface area contributed by atoms with E-state index in [0.29, 0.717) is 5.75 Å². The molecule has 2 aromatic rings. The Hall–Kier alpha value is -3.37. The minimum atomic E-state index is -0.644. The average Bonchev–Trinajstić information content (AvgIpc) is 3.01. The Morgan fingerprint density at radius 1 is 1.26 bits per heavy atom. The standard InChI is InChI=1S/C20H16ClN3O6S/c1-30-14-5-2-12(3-6-14)10-17-19(26)23(20(27)31-17)9-8-22-18(25)15-11-13(24(28)29)4-7-16(15)21/h2-7,10-11H,8-9H2,1H3,(H,22,25). The minimum Gasteiger partial charge on any atom is -0.497 e. The number of thioether (sulfide) groups is 1. The molecular weight excluding hydrogens is 446 g/mol. The van der Waals surface area contributed by atoms with Crippen LogP contribution in [0.15, 0.2) is 47.4 Å². The molecule has 0 aromatic heterocycles. The second-order valence-electron chi connectivity index (χ2n) is 6.28. The van der Waals surface area contributed by atoms with E-state index in [1.54, 1.807) is 37.5 Å². The Kier molecular flexibility index (Phi) is 6.93. The number of nitrogens with zero attached hydrogens (tertiary/aromatic N) is 2. The fourth-order valence-corrected chi connectivity index (χ4v) is 3.79. The summed E-state index contributed by atoms with van der Waals surface area (Å²) in [5.74, 6) is -0.437. The number of benzene rings is 2. The molecule has 0 saturated carbocycles. The number of methoxy groups -OCH3 is 1. The van der Waals surface area contributed by atoms with Crippen LogP contribution < -0.4 is 10.1 Å². The minimum absolute atomic E-state index is 0.0360. The van der Waals surface area contributed by atoms with Crippen LogP contribution in [0.4, 0.5) is 10.5 Å². The number of nitrogens with one attached hydrogen (secondary N) is 1. The summed E-state index contributed by atoms with van der Waals surface area (Å²) in [5, 5.41) is 13.0. The van der Waals surface area contributed by atoms with E-state index in [-0.39, 0.29) is 34.3 Å². The molecule has 0 aliphatic carbocycles. The summed E-state index contributed by atoms with van der Waals surface area (Å²) in [6, 6.07) is 10.5. The maximum atomic E-state index is 12.5. The average molecular weight is 462 g/mol. The molecule has 1 fully saturated rings. The van der Waals surface area contributed by atoms with Gasteiger partial charge in [0.1, 0.15) is 5.75 Å². The van der Waals surface area contributed by atoms with Gasteiger partial charge in [0.25, 0.3) is 22.7 Å². The molecule has 31 heavy (non-hydrogen) atoms. The van der Waals surface area contributed by atoms with Crippen LogP contribution in [0.3, 0.4) is 0 Å². The van der Waals surface area contributed by atoms with Gasteiger partial charge in [-0.25, -0.2) is 0 Å². The first-order valence-electron chi connectivity index (χ1n) is 8.91. The van der Waals surface area contributed by atoms with Gasteiger partial charge in [0, 0.05) is 25.2 Å². The largest absolute Gasteiger partial charge is 0.497 e. The molecule has 0 radical (unpaired) electrons. The van der Waals surface area contributed by atoms with Crippen molar-refractivity contribution in [2.24, 2.45) is 0 Å². The third-order valence-electron chi connectivity index (χ3n) is 4.31. The lowest BCUT2D eigenvalue weighted by Crippen LogP contribution is -2.37. The third-order valence-corrected chi connectivity index (χ3v) is 5.55. The molecule has 1 aliphatic heterocycles. The number of ether oxygens (including phenoxy) is 1. The van der Waals surface area contributed by atoms with Crippen LogP contribution in [0.5, 0.6) is 5.75 Å². The van der Waals surface area contributed by atoms with Crippen LogP contribution in [0.1, 0.15) is 15.9 Å². The number of imide groups is 1. The first-order chi connectivity index (χ1) is 14.8. The smallest absolute Gasteiger partial charge is 0.293 e. The summed E-state index contributed by atoms with van der Waals surface area (Å²) in [4.78, 5) is 48.6. The maximum Gasteiger partial charge on any atom is 0.293 e. The zero-order chi connectivity index (χ0) is 22.5. The van der Waals surface area contributed by atoms with Crippen LogP contribution in [-0.2, 0) is 4.79 Å². The summed E-state index contributed by atoms with van der Waals surface area (Å²) < 4.78 is 5.08. The number of carbonyl (C=O) groups excluding carboxylic acids is 3. The number of non-ortho nitro benzene ring substituents is 1. The van der Waals surface area contributed by atoms with E-state index in [1.165, 1.54) is 12.1 Å². The molecule has 0 bridgehead atoms. The normalized spacial score (nSPS) is 14.8. The van der Waals surface area contributed by atoms with Gasteiger partial charge in [-0.1, -0.05) is 23.7 Å². The van der Waals surface area contributed by atoms with E-state index >= 15 is 0 Å². The van der Waals surface area contributed by atoms with E-state index in [0.717, 1.165) is 28.3 Å². The van der Waals surface area contributed by atoms with Crippen molar-refractivity contribution < 1.29 is 24.0 Å². The summed E-state index contributed by atoms with van der Waals surface area (Å²) in [6.07, 6.45) is 1.60. The zero-order valence-electron chi connectivity index (χ0n) is 16.2. The van der Waals surface area contributed by atoms with Gasteiger partial charge in [-0.05, 0) is 41.6 Å². The monoisotopic (exact) mass is 461 g/mol. The first-order valence-corrected chi connectivity index (χ1v) is 10.1. The number of nitro groups is 1. The predicted molar refractivity (Wildman–Crippen MR) is 116 cm³/mol. The Morgan fingerprint density at radius 2 is 1.97 bits per heavy atom. The third kappa shape index (κ3) is 5.22. The van der Waals surface area contributed by atoms with Crippen LogP contribution >= 0.6 is 23.4 Å². The highest BCUT2D eigenvalue weighted by Crippen LogP contribution is 2.32. The van der Waals surface area contributed by atoms with Gasteiger partial charge in [0.15, 0.2) is 0 Å². The summed E-state index contributed by atoms with van der Waals surface area (Å²) in [6.45, 7) is -0.0887. The van der Waals surface area contributed by atoms with Gasteiger partial charge < -0.3 is 10.1 Å². The molecule has 0 spiro atoms. The SMILES string of the molecule is COc1ccc(C=C2SC(=O)N(CCNC(=O)c3cc([N+](=O)[O-])ccc3Cl)C2=O)cc1. The van der Waals surface area contributed by atoms with E-state index in [9.17, 15) is 24.5 Å². The molecule has 160 valence electrons. The van der Waals surface area contributed by atoms with Crippen molar-refractivity contribution in [2.45, 2.75) is 0 Å². The number of carbonyl (C=O) groups is 3. The van der Waals surface area contributed by atoms with Gasteiger partial charge >= 0.3 is 0 Å². The molecule has 3 rings (SSSR count). The number of nitro benzene ring substituents is 1. The summed E-state index contributed by atoms with van der Waals surface area (Å²) in [7, 11) is 1.55. The number of rotatable bonds is 7. The van der Waals surface area contributed by atoms with E-state index in [2.05, 4.69) is 5.32 Å². The molecule has 1 aliphatic rings. The summed E-state index contributed by atoms with van der Waals surface area (Å²) in [5.41, 5.74) is 0.397. The molecule has 1 saturated heterocycles. The van der Waals surface area contributed by atoms with Gasteiger partial charge in [0.05, 0.1) is 27.5 Å². The highest BCUT2D eigenvalue weighted by molar-refractivity contribution is 8.18. The number of hydrogen-bond acceptors (Lipinski definition) is 7. The second-order valence-corrected chi connectivity index (χ2v) is 7.68. The number of amides is 3. The molecular formula is C20H16ClN3O6S. The van der Waals surface area contributed by atoms with E-state index in [4.69, 9.17) is 16.3 Å². The Morgan fingerprint density at radius 3 is 2.61 bits per heavy atom. The molecule has 3 amide bonds. The van der Waals surface area contributed by atoms with Crippen molar-refractivity contribution >= 4 is 52.2 Å². The fourth-order valence-electron chi connectivity index (χ4n) is 2.72. The molecule has 9 nitrogen and oxygen atoms in total. The lowest BCUT2D eigenvalue weighted by molar-refractivity contribution is -0.384. The molecule has 0 atom stereocenters. The van der Waals surface area contributed by atoms with Crippen LogP contribution in [0.25, 0.3) is 6.08 Å². The van der Waals surface area contributed by atoms with Crippen molar-refractivity contribution in [3.05, 3.63) is 73.6 Å². The van der Waals surface area contributed by atoms with Crippen LogP contribution in [0, 0.1) is 10.1 Å². The predicted octanol–water partition coefficient (Wildman–Crippen LogP) is 3.72. The highest BCUT2D eigenvalue weighted by atomic mass is 35.5. The molecule has 1 N–H and O–H groups in total. The Labute approximate surface area is 186 Å². The topological polar surface area (TPSA) is 119 Å². The van der Waals surface area contributed by atoms with Gasteiger partial charge in [-0.15, -0.1) is 0 Å². The lowest BCUT2D eigenvalue weighted by atomic mass is 10.2. The van der Waals surface area contributed by atoms with Crippen molar-refractivity contribution in [1.29, 1.82) is 0 Å². The van der Waals surface area contributed by atoms with Crippen molar-refractivity contribution in [3.63, 3.8) is 0 Å². The summed E-state index contributed by atoms with van der Waals surface area (Å²) >= 11 is 6.75. The maximum absolute atomic E-state index is 12.5. The number of hydrogen-bond donors (Lipinski definition) is 1. The zero-order valence-corrected chi connectivity index (χ0v) is 17.7. The Bertz CT molecular complexity index is 1090. The van der Waals surface area contributed by atoms with Gasteiger partial charge in [-0.3, -0.25) is 29.4 Å². The quantitative estimate of drug-likeness (QED) is 0.379. The molecule has 0 unspecified atom stereocenters. The lowest BCUT2D eigenvalue weighted by Gasteiger charge is -2.13. The van der Waals surface area contributed by atoms with Crippen molar-refractivity contribution in [3.8, 4) is 5.75 Å². The molecule has 2 aromatic carbocycles. The van der Waals surface area contributed by atoms with Crippen LogP contribution in [0.2, 0.25) is 5.02 Å². The molecule has 1 heterocycles. The fraction of sp³-hybridized carbons (Fsp3) is 0.150. The van der Waals surface area contributed by atoms with Gasteiger partial charge in [-0.2, -0.15) is 0 Å². The van der Waals surface area contributed by atoms with Crippen molar-refractivity contribution in [2.75, 3.05) is 20.2 Å². The molecule has 11 heteroatoms. The van der Waals surface area contributed by atoms with E-state index in [1.807, 2.05) is 0 Å². The van der Waals surface area contributed by atoms with E-state index < -0.39 is 22.0 Å². The number of halogens is 1. The van der Waals surface area contributed by atoms with Crippen molar-refractivity contribution in [1.82, 2.24) is 10.2 Å². The highest BCUT2D eigenvalue weighted by Gasteiger charge is 2.34. The first kappa shape index (κ1) is 22.3. The Balaban J connectivity index is 1.62. The van der Waals surface area contributed by atoms with Crippen LogP contribution in [-0.4, -0.2) is 47.1 Å².